The average Bonchev–Trinajstić information content (AvgIpc) is 2.19. The predicted octanol–water partition coefficient (Wildman–Crippen LogP) is 2.46. The highest BCUT2D eigenvalue weighted by atomic mass is 16.2. The van der Waals surface area contributed by atoms with Gasteiger partial charge in [-0.25, -0.2) is 0 Å². The van der Waals surface area contributed by atoms with Gasteiger partial charge in [-0.2, -0.15) is 0 Å². The van der Waals surface area contributed by atoms with E-state index in [9.17, 15) is 4.79 Å². The molecule has 17 heavy (non-hydrogen) atoms. The highest BCUT2D eigenvalue weighted by Gasteiger charge is 2.24. The average molecular weight is 240 g/mol. The first-order chi connectivity index (χ1) is 7.78. The van der Waals surface area contributed by atoms with Gasteiger partial charge in [0.15, 0.2) is 0 Å². The Kier molecular flexibility index (Phi) is 4.99. The molecule has 100 valence electrons. The van der Waals surface area contributed by atoms with E-state index in [1.165, 1.54) is 25.7 Å². The Bertz CT molecular complexity index is 249. The number of nitrogens with one attached hydrogen (secondary N) is 2. The van der Waals surface area contributed by atoms with Crippen LogP contribution in [-0.2, 0) is 4.79 Å². The molecular formula is C14H28N2O. The number of carbonyl (C=O) groups excluding carboxylic acids is 1. The fourth-order valence-electron chi connectivity index (χ4n) is 2.33. The largest absolute Gasteiger partial charge is 0.350 e. The molecule has 3 nitrogen and oxygen atoms in total. The molecule has 1 atom stereocenters. The molecule has 2 N–H and O–H groups in total. The van der Waals surface area contributed by atoms with Crippen LogP contribution in [0.2, 0.25) is 0 Å². The van der Waals surface area contributed by atoms with Gasteiger partial charge in [-0.15, -0.1) is 0 Å². The maximum absolute atomic E-state index is 11.9. The summed E-state index contributed by atoms with van der Waals surface area (Å²) in [5, 5.41) is 6.47. The van der Waals surface area contributed by atoms with Crippen LogP contribution >= 0.6 is 0 Å². The highest BCUT2D eigenvalue weighted by Crippen LogP contribution is 2.23. The van der Waals surface area contributed by atoms with Gasteiger partial charge >= 0.3 is 0 Å². The van der Waals surface area contributed by atoms with Crippen LogP contribution in [-0.4, -0.2) is 23.5 Å². The van der Waals surface area contributed by atoms with Crippen LogP contribution in [0.4, 0.5) is 0 Å². The molecule has 0 spiro atoms. The zero-order valence-electron chi connectivity index (χ0n) is 12.0. The molecular weight excluding hydrogens is 212 g/mol. The van der Waals surface area contributed by atoms with E-state index in [-0.39, 0.29) is 17.5 Å². The Morgan fingerprint density at radius 2 is 1.71 bits per heavy atom. The van der Waals surface area contributed by atoms with Crippen LogP contribution < -0.4 is 10.6 Å². The smallest absolute Gasteiger partial charge is 0.237 e. The molecule has 1 unspecified atom stereocenters. The van der Waals surface area contributed by atoms with Gasteiger partial charge in [0.2, 0.25) is 5.91 Å². The number of hydrogen-bond donors (Lipinski definition) is 2. The lowest BCUT2D eigenvalue weighted by Crippen LogP contribution is -2.52. The van der Waals surface area contributed by atoms with E-state index in [2.05, 4.69) is 17.6 Å². The Labute approximate surface area is 106 Å². The molecule has 1 saturated carbocycles. The third-order valence-corrected chi connectivity index (χ3v) is 3.39. The van der Waals surface area contributed by atoms with Gasteiger partial charge in [-0.1, -0.05) is 6.92 Å². The van der Waals surface area contributed by atoms with Crippen LogP contribution in [0.15, 0.2) is 0 Å². The molecule has 0 aromatic heterocycles. The molecule has 0 radical (unpaired) electrons. The summed E-state index contributed by atoms with van der Waals surface area (Å²) in [6.45, 7) is 10.3. The quantitative estimate of drug-likeness (QED) is 0.795. The topological polar surface area (TPSA) is 41.1 Å². The van der Waals surface area contributed by atoms with Gasteiger partial charge in [0.1, 0.15) is 0 Å². The first kappa shape index (κ1) is 14.5. The third-order valence-electron chi connectivity index (χ3n) is 3.39. The number of rotatable bonds is 3. The van der Waals surface area contributed by atoms with Crippen molar-refractivity contribution in [1.29, 1.82) is 0 Å². The van der Waals surface area contributed by atoms with E-state index >= 15 is 0 Å². The van der Waals surface area contributed by atoms with Crippen molar-refractivity contribution >= 4 is 5.91 Å². The lowest BCUT2D eigenvalue weighted by molar-refractivity contribution is -0.124. The van der Waals surface area contributed by atoms with E-state index in [4.69, 9.17) is 0 Å². The molecule has 1 rings (SSSR count). The second kappa shape index (κ2) is 5.85. The van der Waals surface area contributed by atoms with Crippen molar-refractivity contribution in [3.63, 3.8) is 0 Å². The maximum atomic E-state index is 11.9. The van der Waals surface area contributed by atoms with Crippen LogP contribution in [0.5, 0.6) is 0 Å². The summed E-state index contributed by atoms with van der Waals surface area (Å²) in [7, 11) is 0. The zero-order chi connectivity index (χ0) is 13.1. The lowest BCUT2D eigenvalue weighted by atomic mass is 9.87. The fourth-order valence-corrected chi connectivity index (χ4v) is 2.33. The maximum Gasteiger partial charge on any atom is 0.237 e. The van der Waals surface area contributed by atoms with Crippen molar-refractivity contribution in [2.24, 2.45) is 5.92 Å². The SMILES string of the molecule is CC1CCC(NC(C)C(=O)NC(C)(C)C)CC1. The second-order valence-electron chi connectivity index (χ2n) is 6.58. The van der Waals surface area contributed by atoms with Gasteiger partial charge in [0, 0.05) is 11.6 Å². The Morgan fingerprint density at radius 3 is 2.18 bits per heavy atom. The molecule has 0 aliphatic heterocycles. The monoisotopic (exact) mass is 240 g/mol. The summed E-state index contributed by atoms with van der Waals surface area (Å²) in [5.41, 5.74) is -0.145. The van der Waals surface area contributed by atoms with Crippen LogP contribution in [0.25, 0.3) is 0 Å². The molecule has 0 aromatic carbocycles. The van der Waals surface area contributed by atoms with Gasteiger partial charge in [-0.05, 0) is 59.3 Å². The number of hydrogen-bond acceptors (Lipinski definition) is 2. The van der Waals surface area contributed by atoms with Crippen molar-refractivity contribution in [2.45, 2.75) is 77.9 Å². The van der Waals surface area contributed by atoms with Crippen LogP contribution in [0.3, 0.4) is 0 Å². The summed E-state index contributed by atoms with van der Waals surface area (Å²) >= 11 is 0. The van der Waals surface area contributed by atoms with Crippen molar-refractivity contribution in [2.75, 3.05) is 0 Å². The number of amides is 1. The number of carbonyl (C=O) groups is 1. The van der Waals surface area contributed by atoms with Crippen molar-refractivity contribution < 1.29 is 4.79 Å². The molecule has 0 heterocycles. The zero-order valence-corrected chi connectivity index (χ0v) is 12.0. The molecule has 1 aliphatic rings. The molecule has 3 heteroatoms. The molecule has 1 aliphatic carbocycles. The van der Waals surface area contributed by atoms with Crippen molar-refractivity contribution in [1.82, 2.24) is 10.6 Å². The lowest BCUT2D eigenvalue weighted by Gasteiger charge is -2.30. The Morgan fingerprint density at radius 1 is 1.18 bits per heavy atom. The summed E-state index contributed by atoms with van der Waals surface area (Å²) in [6, 6.07) is 0.430. The minimum atomic E-state index is -0.145. The van der Waals surface area contributed by atoms with Gasteiger partial charge in [0.05, 0.1) is 6.04 Å². The van der Waals surface area contributed by atoms with Crippen molar-refractivity contribution in [3.8, 4) is 0 Å². The minimum absolute atomic E-state index is 0.0902. The highest BCUT2D eigenvalue weighted by molar-refractivity contribution is 5.81. The molecule has 0 aromatic rings. The first-order valence-corrected chi connectivity index (χ1v) is 6.86. The standard InChI is InChI=1S/C14H28N2O/c1-10-6-8-12(9-7-10)15-11(2)13(17)16-14(3,4)5/h10-12,15H,6-9H2,1-5H3,(H,16,17). The van der Waals surface area contributed by atoms with Gasteiger partial charge in [0.25, 0.3) is 0 Å². The predicted molar refractivity (Wildman–Crippen MR) is 71.9 cm³/mol. The summed E-state index contributed by atoms with van der Waals surface area (Å²) in [6.07, 6.45) is 4.97. The molecule has 0 saturated heterocycles. The van der Waals surface area contributed by atoms with Crippen molar-refractivity contribution in [3.05, 3.63) is 0 Å². The summed E-state index contributed by atoms with van der Waals surface area (Å²) in [4.78, 5) is 11.9. The van der Waals surface area contributed by atoms with Crippen LogP contribution in [0, 0.1) is 5.92 Å². The third kappa shape index (κ3) is 5.53. The molecule has 0 bridgehead atoms. The summed E-state index contributed by atoms with van der Waals surface area (Å²) in [5.74, 6) is 0.961. The van der Waals surface area contributed by atoms with E-state index in [1.54, 1.807) is 0 Å². The Hall–Kier alpha value is -0.570. The first-order valence-electron chi connectivity index (χ1n) is 6.86. The molecule has 1 amide bonds. The van der Waals surface area contributed by atoms with E-state index in [1.807, 2.05) is 27.7 Å². The van der Waals surface area contributed by atoms with Crippen LogP contribution in [0.1, 0.15) is 60.3 Å². The second-order valence-corrected chi connectivity index (χ2v) is 6.58. The van der Waals surface area contributed by atoms with E-state index in [0.717, 1.165) is 5.92 Å². The molecule has 1 fully saturated rings. The Balaban J connectivity index is 2.33. The fraction of sp³-hybridized carbons (Fsp3) is 0.929. The van der Waals surface area contributed by atoms with E-state index < -0.39 is 0 Å². The summed E-state index contributed by atoms with van der Waals surface area (Å²) < 4.78 is 0. The van der Waals surface area contributed by atoms with Gasteiger partial charge < -0.3 is 10.6 Å². The van der Waals surface area contributed by atoms with E-state index in [0.29, 0.717) is 6.04 Å². The minimum Gasteiger partial charge on any atom is -0.350 e. The normalized spacial score (nSPS) is 27.6. The van der Waals surface area contributed by atoms with Gasteiger partial charge in [-0.3, -0.25) is 4.79 Å².